The molecule has 1 aromatic heterocycles. The number of amides is 1. The zero-order valence-electron chi connectivity index (χ0n) is 10.1. The van der Waals surface area contributed by atoms with Crippen molar-refractivity contribution in [3.05, 3.63) is 19.2 Å². The molecule has 1 unspecified atom stereocenters. The topological polar surface area (TPSA) is 29.5 Å². The monoisotopic (exact) mass is 395 g/mol. The number of hydrogen-bond donors (Lipinski definition) is 0. The van der Waals surface area contributed by atoms with Crippen LogP contribution in [0.25, 0.3) is 0 Å². The third kappa shape index (κ3) is 3.35. The van der Waals surface area contributed by atoms with Gasteiger partial charge < -0.3 is 9.64 Å². The maximum atomic E-state index is 12.4. The number of hydrogen-bond acceptors (Lipinski definition) is 3. The number of carbonyl (C=O) groups excluding carboxylic acids is 1. The number of rotatable bonds is 3. The maximum Gasteiger partial charge on any atom is 0.264 e. The molecule has 1 aromatic rings. The van der Waals surface area contributed by atoms with E-state index in [0.29, 0.717) is 13.2 Å². The highest BCUT2D eigenvalue weighted by atomic mass is 79.9. The molecule has 0 aliphatic carbocycles. The standard InChI is InChI=1S/C12H15Br2NO2S/c1-2-17-8-4-3-5-15(7-8)12(16)10-6-9(13)11(14)18-10/h6,8H,2-5,7H2,1H3. The van der Waals surface area contributed by atoms with E-state index in [2.05, 4.69) is 31.9 Å². The third-order valence-corrected chi connectivity index (χ3v) is 6.17. The molecular formula is C12H15Br2NO2S. The first-order valence-corrected chi connectivity index (χ1v) is 8.37. The van der Waals surface area contributed by atoms with Crippen molar-refractivity contribution in [2.24, 2.45) is 0 Å². The van der Waals surface area contributed by atoms with Gasteiger partial charge in [-0.25, -0.2) is 0 Å². The SMILES string of the molecule is CCOC1CCCN(C(=O)c2cc(Br)c(Br)s2)C1. The lowest BCUT2D eigenvalue weighted by Crippen LogP contribution is -2.43. The van der Waals surface area contributed by atoms with Crippen LogP contribution in [0, 0.1) is 0 Å². The maximum absolute atomic E-state index is 12.4. The molecular weight excluding hydrogens is 382 g/mol. The van der Waals surface area contributed by atoms with Crippen LogP contribution in [0.1, 0.15) is 29.4 Å². The Bertz CT molecular complexity index is 414. The fourth-order valence-electron chi connectivity index (χ4n) is 2.10. The summed E-state index contributed by atoms with van der Waals surface area (Å²) in [5.41, 5.74) is 0. The van der Waals surface area contributed by atoms with Crippen LogP contribution in [-0.2, 0) is 4.74 Å². The highest BCUT2D eigenvalue weighted by Gasteiger charge is 2.26. The van der Waals surface area contributed by atoms with Gasteiger partial charge in [0.2, 0.25) is 0 Å². The summed E-state index contributed by atoms with van der Waals surface area (Å²) in [5, 5.41) is 0. The average molecular weight is 397 g/mol. The molecule has 1 aliphatic heterocycles. The predicted molar refractivity (Wildman–Crippen MR) is 80.3 cm³/mol. The zero-order valence-corrected chi connectivity index (χ0v) is 14.1. The van der Waals surface area contributed by atoms with Crippen molar-refractivity contribution in [2.75, 3.05) is 19.7 Å². The van der Waals surface area contributed by atoms with Crippen LogP contribution in [-0.4, -0.2) is 36.6 Å². The van der Waals surface area contributed by atoms with Crippen LogP contribution in [0.4, 0.5) is 0 Å². The summed E-state index contributed by atoms with van der Waals surface area (Å²) in [5.74, 6) is 0.107. The highest BCUT2D eigenvalue weighted by Crippen LogP contribution is 2.33. The molecule has 18 heavy (non-hydrogen) atoms. The molecule has 1 saturated heterocycles. The Kier molecular flexibility index (Phi) is 5.24. The minimum atomic E-state index is 0.107. The van der Waals surface area contributed by atoms with Crippen molar-refractivity contribution in [2.45, 2.75) is 25.9 Å². The molecule has 0 radical (unpaired) electrons. The lowest BCUT2D eigenvalue weighted by Gasteiger charge is -2.32. The smallest absolute Gasteiger partial charge is 0.264 e. The van der Waals surface area contributed by atoms with Crippen molar-refractivity contribution >= 4 is 49.1 Å². The third-order valence-electron chi connectivity index (χ3n) is 2.92. The number of likely N-dealkylation sites (tertiary alicyclic amines) is 1. The van der Waals surface area contributed by atoms with Gasteiger partial charge in [0, 0.05) is 24.2 Å². The lowest BCUT2D eigenvalue weighted by atomic mass is 10.1. The summed E-state index contributed by atoms with van der Waals surface area (Å²) in [7, 11) is 0. The Hall–Kier alpha value is 0.0900. The molecule has 0 aromatic carbocycles. The van der Waals surface area contributed by atoms with Crippen molar-refractivity contribution in [1.29, 1.82) is 0 Å². The molecule has 6 heteroatoms. The molecule has 2 rings (SSSR count). The predicted octanol–water partition coefficient (Wildman–Crippen LogP) is 3.91. The highest BCUT2D eigenvalue weighted by molar-refractivity contribution is 9.13. The average Bonchev–Trinajstić information content (AvgIpc) is 2.69. The summed E-state index contributed by atoms with van der Waals surface area (Å²) >= 11 is 8.30. The molecule has 0 spiro atoms. The van der Waals surface area contributed by atoms with E-state index in [1.54, 1.807) is 0 Å². The number of carbonyl (C=O) groups is 1. The van der Waals surface area contributed by atoms with Crippen LogP contribution >= 0.6 is 43.2 Å². The van der Waals surface area contributed by atoms with E-state index < -0.39 is 0 Å². The van der Waals surface area contributed by atoms with Crippen molar-refractivity contribution in [3.8, 4) is 0 Å². The summed E-state index contributed by atoms with van der Waals surface area (Å²) in [6, 6.07) is 1.88. The lowest BCUT2D eigenvalue weighted by molar-refractivity contribution is 0.00742. The minimum absolute atomic E-state index is 0.107. The van der Waals surface area contributed by atoms with Crippen LogP contribution in [0.15, 0.2) is 14.3 Å². The quantitative estimate of drug-likeness (QED) is 0.774. The number of piperidine rings is 1. The number of nitrogens with zero attached hydrogens (tertiary/aromatic N) is 1. The normalized spacial score (nSPS) is 20.2. The van der Waals surface area contributed by atoms with Gasteiger partial charge in [0.05, 0.1) is 14.8 Å². The van der Waals surface area contributed by atoms with Gasteiger partial charge in [-0.05, 0) is 57.7 Å². The Labute approximate surface area is 128 Å². The Morgan fingerprint density at radius 2 is 2.39 bits per heavy atom. The Morgan fingerprint density at radius 1 is 1.61 bits per heavy atom. The Balaban J connectivity index is 2.04. The second kappa shape index (κ2) is 6.50. The number of ether oxygens (including phenoxy) is 1. The first kappa shape index (κ1) is 14.5. The van der Waals surface area contributed by atoms with Gasteiger partial charge in [-0.1, -0.05) is 0 Å². The van der Waals surface area contributed by atoms with E-state index in [1.807, 2.05) is 17.9 Å². The number of thiophene rings is 1. The molecule has 2 heterocycles. The molecule has 1 atom stereocenters. The first-order chi connectivity index (χ1) is 8.61. The summed E-state index contributed by atoms with van der Waals surface area (Å²) in [4.78, 5) is 15.0. The van der Waals surface area contributed by atoms with Crippen molar-refractivity contribution in [3.63, 3.8) is 0 Å². The van der Waals surface area contributed by atoms with Crippen LogP contribution in [0.5, 0.6) is 0 Å². The molecule has 1 amide bonds. The van der Waals surface area contributed by atoms with Gasteiger partial charge in [-0.2, -0.15) is 0 Å². The summed E-state index contributed by atoms with van der Waals surface area (Å²) in [6.07, 6.45) is 2.26. The van der Waals surface area contributed by atoms with Crippen LogP contribution in [0.2, 0.25) is 0 Å². The minimum Gasteiger partial charge on any atom is -0.377 e. The second-order valence-corrected chi connectivity index (χ2v) is 7.43. The van der Waals surface area contributed by atoms with E-state index in [0.717, 1.165) is 32.5 Å². The summed E-state index contributed by atoms with van der Waals surface area (Å²) < 4.78 is 7.52. The van der Waals surface area contributed by atoms with E-state index in [4.69, 9.17) is 4.74 Å². The molecule has 1 fully saturated rings. The van der Waals surface area contributed by atoms with E-state index in [-0.39, 0.29) is 12.0 Å². The largest absolute Gasteiger partial charge is 0.377 e. The molecule has 0 N–H and O–H groups in total. The molecule has 100 valence electrons. The molecule has 1 aliphatic rings. The van der Waals surface area contributed by atoms with E-state index in [1.165, 1.54) is 11.3 Å². The van der Waals surface area contributed by atoms with Crippen LogP contribution < -0.4 is 0 Å². The van der Waals surface area contributed by atoms with Gasteiger partial charge in [0.25, 0.3) is 5.91 Å². The van der Waals surface area contributed by atoms with Gasteiger partial charge >= 0.3 is 0 Å². The van der Waals surface area contributed by atoms with Gasteiger partial charge in [0.1, 0.15) is 0 Å². The fraction of sp³-hybridized carbons (Fsp3) is 0.583. The van der Waals surface area contributed by atoms with Gasteiger partial charge in [-0.3, -0.25) is 4.79 Å². The van der Waals surface area contributed by atoms with E-state index in [9.17, 15) is 4.79 Å². The van der Waals surface area contributed by atoms with E-state index >= 15 is 0 Å². The van der Waals surface area contributed by atoms with Crippen molar-refractivity contribution in [1.82, 2.24) is 4.90 Å². The molecule has 0 bridgehead atoms. The number of halogens is 2. The van der Waals surface area contributed by atoms with Gasteiger partial charge in [-0.15, -0.1) is 11.3 Å². The molecule has 0 saturated carbocycles. The van der Waals surface area contributed by atoms with Crippen molar-refractivity contribution < 1.29 is 9.53 Å². The van der Waals surface area contributed by atoms with Gasteiger partial charge in [0.15, 0.2) is 0 Å². The molecule has 3 nitrogen and oxygen atoms in total. The van der Waals surface area contributed by atoms with Crippen LogP contribution in [0.3, 0.4) is 0 Å². The first-order valence-electron chi connectivity index (χ1n) is 5.97. The second-order valence-electron chi connectivity index (χ2n) is 4.20. The fourth-order valence-corrected chi connectivity index (χ4v) is 4.11. The Morgan fingerprint density at radius 3 is 3.00 bits per heavy atom. The summed E-state index contributed by atoms with van der Waals surface area (Å²) in [6.45, 7) is 4.24. The zero-order chi connectivity index (χ0) is 13.1.